The molecule has 0 radical (unpaired) electrons. The quantitative estimate of drug-likeness (QED) is 0.204. The number of carbonyl (C=O) groups excluding carboxylic acids is 12. The predicted octanol–water partition coefficient (Wildman–Crippen LogP) is 6.03. The number of piperidine rings is 1. The molecule has 3 N–H and O–H groups in total. The van der Waals surface area contributed by atoms with Gasteiger partial charge in [0.15, 0.2) is 0 Å². The summed E-state index contributed by atoms with van der Waals surface area (Å²) in [5.74, 6) is -8.43. The largest absolute Gasteiger partial charge is 0.417 e. The van der Waals surface area contributed by atoms with E-state index in [4.69, 9.17) is 11.6 Å². The maximum Gasteiger partial charge on any atom is 0.417 e. The van der Waals surface area contributed by atoms with Gasteiger partial charge in [0, 0.05) is 69.0 Å². The third-order valence-electron chi connectivity index (χ3n) is 21.2. The van der Waals surface area contributed by atoms with Gasteiger partial charge in [0.25, 0.3) is 0 Å². The van der Waals surface area contributed by atoms with Gasteiger partial charge in [-0.3, -0.25) is 57.5 Å². The van der Waals surface area contributed by atoms with Gasteiger partial charge in [0.2, 0.25) is 70.9 Å². The van der Waals surface area contributed by atoms with Crippen molar-refractivity contribution in [2.45, 2.75) is 236 Å². The Hall–Kier alpha value is -7.06. The molecule has 3 aliphatic heterocycles. The third kappa shape index (κ3) is 21.0. The number of halogens is 4. The first kappa shape index (κ1) is 80.9. The summed E-state index contributed by atoms with van der Waals surface area (Å²) in [4.78, 5) is 189. The molecule has 8 atom stereocenters. The molecule has 99 heavy (non-hydrogen) atoms. The van der Waals surface area contributed by atoms with Gasteiger partial charge in [-0.1, -0.05) is 116 Å². The lowest BCUT2D eigenvalue weighted by molar-refractivity contribution is -0.155. The van der Waals surface area contributed by atoms with E-state index in [2.05, 4.69) is 16.0 Å². The Morgan fingerprint density at radius 1 is 0.626 bits per heavy atom. The van der Waals surface area contributed by atoms with Crippen LogP contribution in [0.5, 0.6) is 0 Å². The lowest BCUT2D eigenvalue weighted by Gasteiger charge is -2.41. The minimum absolute atomic E-state index is 0.0192. The first-order chi connectivity index (χ1) is 46.7. The Morgan fingerprint density at radius 2 is 1.24 bits per heavy atom. The lowest BCUT2D eigenvalue weighted by atomic mass is 9.84. The van der Waals surface area contributed by atoms with Crippen LogP contribution >= 0.6 is 11.6 Å². The van der Waals surface area contributed by atoms with E-state index in [9.17, 15) is 51.5 Å². The first-order valence-electron chi connectivity index (χ1n) is 35.8. The number of fused-ring (bicyclic) bond motifs is 1. The highest BCUT2D eigenvalue weighted by Gasteiger charge is 2.50. The Balaban J connectivity index is 1.42. The number of aryl methyl sites for hydroxylation is 1. The molecule has 5 aliphatic rings. The molecule has 2 aliphatic carbocycles. The molecule has 28 heteroatoms. The van der Waals surface area contributed by atoms with Gasteiger partial charge in [-0.2, -0.15) is 13.2 Å². The van der Waals surface area contributed by atoms with E-state index < -0.39 is 167 Å². The molecule has 6 rings (SSSR count). The molecule has 1 aromatic rings. The molecular weight excluding hydrogens is 1310 g/mol. The van der Waals surface area contributed by atoms with Crippen molar-refractivity contribution in [2.75, 3.05) is 88.6 Å². The molecule has 1 unspecified atom stereocenters. The first-order valence-corrected chi connectivity index (χ1v) is 36.2. The van der Waals surface area contributed by atoms with Crippen LogP contribution in [-0.2, 0) is 70.1 Å². The number of likely N-dealkylation sites (tertiary alicyclic amines) is 1. The molecule has 2 saturated carbocycles. The fourth-order valence-electron chi connectivity index (χ4n) is 14.6. The van der Waals surface area contributed by atoms with Crippen molar-refractivity contribution in [3.8, 4) is 0 Å². The summed E-state index contributed by atoms with van der Waals surface area (Å²) >= 11 is 6.15. The van der Waals surface area contributed by atoms with Crippen LogP contribution in [0.1, 0.15) is 187 Å². The third-order valence-corrected chi connectivity index (χ3v) is 21.5. The van der Waals surface area contributed by atoms with Crippen LogP contribution in [0.3, 0.4) is 0 Å². The van der Waals surface area contributed by atoms with Crippen LogP contribution in [0, 0.1) is 17.8 Å². The van der Waals surface area contributed by atoms with Crippen LogP contribution in [-0.4, -0.2) is 251 Å². The van der Waals surface area contributed by atoms with Crippen molar-refractivity contribution in [1.29, 1.82) is 0 Å². The average molecular weight is 1420 g/mol. The van der Waals surface area contributed by atoms with E-state index in [1.54, 1.807) is 11.8 Å². The van der Waals surface area contributed by atoms with E-state index in [-0.39, 0.29) is 69.7 Å². The van der Waals surface area contributed by atoms with Crippen molar-refractivity contribution in [3.05, 3.63) is 34.3 Å². The number of amides is 12. The van der Waals surface area contributed by atoms with Crippen molar-refractivity contribution in [3.63, 3.8) is 0 Å². The van der Waals surface area contributed by atoms with Gasteiger partial charge in [-0.05, 0) is 112 Å². The molecule has 3 heterocycles. The van der Waals surface area contributed by atoms with Crippen molar-refractivity contribution < 1.29 is 70.7 Å². The number of hydrogen-bond acceptors (Lipinski definition) is 12. The number of nitrogens with zero attached hydrogens (tertiary/aromatic N) is 9. The summed E-state index contributed by atoms with van der Waals surface area (Å²) in [6, 6.07) is -5.58. The van der Waals surface area contributed by atoms with Gasteiger partial charge >= 0.3 is 6.18 Å². The summed E-state index contributed by atoms with van der Waals surface area (Å²) in [5.41, 5.74) is -2.34. The Labute approximate surface area is 587 Å². The highest BCUT2D eigenvalue weighted by molar-refractivity contribution is 6.31. The summed E-state index contributed by atoms with van der Waals surface area (Å²) in [5, 5.41) is 8.12. The van der Waals surface area contributed by atoms with Gasteiger partial charge in [0.1, 0.15) is 47.8 Å². The maximum atomic E-state index is 15.5. The van der Waals surface area contributed by atoms with Crippen molar-refractivity contribution in [2.24, 2.45) is 17.8 Å². The Morgan fingerprint density at radius 3 is 1.85 bits per heavy atom. The smallest absolute Gasteiger partial charge is 0.343 e. The second kappa shape index (κ2) is 36.5. The summed E-state index contributed by atoms with van der Waals surface area (Å²) < 4.78 is 41.6. The number of rotatable bonds is 13. The summed E-state index contributed by atoms with van der Waals surface area (Å²) in [6.07, 6.45) is 4.74. The van der Waals surface area contributed by atoms with Crippen LogP contribution in [0.2, 0.25) is 5.02 Å². The van der Waals surface area contributed by atoms with E-state index in [0.717, 1.165) is 65.4 Å². The second-order valence-corrected chi connectivity index (χ2v) is 29.4. The zero-order valence-corrected chi connectivity index (χ0v) is 61.2. The molecule has 0 bridgehead atoms. The molecule has 24 nitrogen and oxygen atoms in total. The van der Waals surface area contributed by atoms with E-state index in [1.807, 2.05) is 27.7 Å². The van der Waals surface area contributed by atoms with Crippen molar-refractivity contribution in [1.82, 2.24) is 60.0 Å². The minimum atomic E-state index is -4.76. The van der Waals surface area contributed by atoms with Crippen molar-refractivity contribution >= 4 is 82.5 Å². The molecule has 3 saturated heterocycles. The van der Waals surface area contributed by atoms with Crippen LogP contribution in [0.25, 0.3) is 0 Å². The Bertz CT molecular complexity index is 3050. The molecule has 1 spiro atoms. The van der Waals surface area contributed by atoms with Gasteiger partial charge in [0.05, 0.1) is 36.6 Å². The van der Waals surface area contributed by atoms with E-state index in [0.29, 0.717) is 70.0 Å². The number of likely N-dealkylation sites (N-methyl/N-ethyl adjacent to an activating group) is 7. The number of nitrogens with one attached hydrogen (secondary N) is 3. The van der Waals surface area contributed by atoms with Gasteiger partial charge < -0.3 is 60.0 Å². The van der Waals surface area contributed by atoms with E-state index in [1.165, 1.54) is 79.9 Å². The van der Waals surface area contributed by atoms with Crippen LogP contribution in [0.15, 0.2) is 18.2 Å². The zero-order valence-electron chi connectivity index (χ0n) is 60.4. The highest BCUT2D eigenvalue weighted by Crippen LogP contribution is 2.37. The fraction of sp³-hybridized carbons (Fsp3) is 0.746. The number of carbonyl (C=O) groups is 12. The van der Waals surface area contributed by atoms with Gasteiger partial charge in [-0.15, -0.1) is 0 Å². The van der Waals surface area contributed by atoms with E-state index >= 15 is 19.2 Å². The van der Waals surface area contributed by atoms with Gasteiger partial charge in [-0.25, -0.2) is 0 Å². The minimum Gasteiger partial charge on any atom is -0.343 e. The van der Waals surface area contributed by atoms with Crippen LogP contribution < -0.4 is 16.0 Å². The van der Waals surface area contributed by atoms with Crippen LogP contribution in [0.4, 0.5) is 13.2 Å². The molecule has 5 fully saturated rings. The zero-order chi connectivity index (χ0) is 73.4. The molecule has 554 valence electrons. The standard InChI is InChI=1S/C71H110ClF3N12O12/c1-13-15-27-53-66(96)84(11)56(67(97)86-35-22-17-23-36-86)41-58(89)82(9)54(38-45(3)4)62(92)77-61(46(5)14-2)68(98)81(8)43-59(90)79(6)44-60(91)83(10)55(40-47-25-18-16-19-26-47)65(95)80(7)42-57(88)76-51(32-30-48-29-31-49(50(72)39-48)71(73,74)75)64(94)87-37-24-28-52(87)63(93)78-70(33-20-21-34-70)69(99)85(53)12/h29,31,39,45-47,51-56,61H,13-28,30,32-38,40-44H2,1-12H3,(H,76,88)(H,77,92)(H,78,93)/t46-,51-,52?,53-,54-,55-,56-,61-/m0/s1. The molecule has 12 amide bonds. The Kier molecular flexibility index (Phi) is 29.8. The number of hydrogen-bond donors (Lipinski definition) is 3. The normalized spacial score (nSPS) is 26.0. The SMILES string of the molecule is CCCC[C@H]1C(=O)N(C)[C@H](C(=O)N2CCCCC2)CC(=O)N(C)[C@@H](CC(C)C)C(=O)N[C@@H]([C@@H](C)CC)C(=O)N(C)CC(=O)N(C)CC(=O)N(C)[C@@H](CC2CCCCC2)C(=O)N(C)CC(=O)N[C@@H](CCc2ccc(C(F)(F)F)c(Cl)c2)C(=O)N2CCCC2C(=O)NC2(CCCC2)C(=O)N1C. The second-order valence-electron chi connectivity index (χ2n) is 29.0. The monoisotopic (exact) mass is 1410 g/mol. The summed E-state index contributed by atoms with van der Waals surface area (Å²) in [6.45, 7) is 8.33. The number of benzene rings is 1. The highest BCUT2D eigenvalue weighted by atomic mass is 35.5. The molecule has 0 aromatic heterocycles. The summed E-state index contributed by atoms with van der Waals surface area (Å²) in [7, 11) is 9.91. The average Bonchev–Trinajstić information content (AvgIpc) is 1.67. The predicted molar refractivity (Wildman–Crippen MR) is 367 cm³/mol. The number of unbranched alkanes of at least 4 members (excludes halogenated alkanes) is 1. The maximum absolute atomic E-state index is 15.5. The molecule has 1 aromatic carbocycles. The molecular formula is C71H110ClF3N12O12. The fourth-order valence-corrected chi connectivity index (χ4v) is 14.9. The number of alkyl halides is 3. The lowest BCUT2D eigenvalue weighted by Crippen LogP contribution is -2.64. The topological polar surface area (TPSA) is 270 Å².